The van der Waals surface area contributed by atoms with E-state index in [1.54, 1.807) is 0 Å². The van der Waals surface area contributed by atoms with Crippen molar-refractivity contribution in [2.24, 2.45) is 5.92 Å². The molecule has 13 heavy (non-hydrogen) atoms. The van der Waals surface area contributed by atoms with Gasteiger partial charge in [0.05, 0.1) is 5.92 Å². The Morgan fingerprint density at radius 3 is 2.08 bits per heavy atom. The van der Waals surface area contributed by atoms with Crippen LogP contribution < -0.4 is 5.32 Å². The fraction of sp³-hybridized carbons (Fsp3) is 0.714. The number of piperidine rings is 1. The van der Waals surface area contributed by atoms with Gasteiger partial charge in [-0.2, -0.15) is 0 Å². The lowest BCUT2D eigenvalue weighted by Gasteiger charge is -2.24. The Hall–Kier alpha value is -0.810. The number of halogens is 1. The van der Waals surface area contributed by atoms with E-state index in [2.05, 4.69) is 5.32 Å². The Kier molecular flexibility index (Phi) is 4.72. The smallest absolute Gasteiger partial charge is 0.320 e. The summed E-state index contributed by atoms with van der Waals surface area (Å²) in [6, 6.07) is -0.569. The summed E-state index contributed by atoms with van der Waals surface area (Å²) in [6.07, 6.45) is 0.839. The molecule has 76 valence electrons. The normalized spacial score (nSPS) is 27.4. The molecule has 0 spiro atoms. The SMILES string of the molecule is Cl.O=C(O)[C@H]1CC[C@H](C(=O)O)NC1. The lowest BCUT2D eigenvalue weighted by molar-refractivity contribution is -0.146. The Bertz CT molecular complexity index is 179. The van der Waals surface area contributed by atoms with Crippen molar-refractivity contribution in [3.8, 4) is 0 Å². The molecule has 1 aliphatic rings. The van der Waals surface area contributed by atoms with Crippen molar-refractivity contribution < 1.29 is 19.8 Å². The van der Waals surface area contributed by atoms with Gasteiger partial charge in [-0.15, -0.1) is 12.4 Å². The van der Waals surface area contributed by atoms with Crippen LogP contribution in [0.1, 0.15) is 12.8 Å². The fourth-order valence-electron chi connectivity index (χ4n) is 1.28. The van der Waals surface area contributed by atoms with Crippen molar-refractivity contribution in [2.45, 2.75) is 18.9 Å². The molecule has 1 fully saturated rings. The van der Waals surface area contributed by atoms with Gasteiger partial charge < -0.3 is 15.5 Å². The molecule has 0 aromatic heterocycles. The van der Waals surface area contributed by atoms with Crippen LogP contribution in [-0.2, 0) is 9.59 Å². The molecule has 0 saturated carbocycles. The quantitative estimate of drug-likeness (QED) is 0.594. The van der Waals surface area contributed by atoms with E-state index in [9.17, 15) is 9.59 Å². The second-order valence-electron chi connectivity index (χ2n) is 2.91. The minimum absolute atomic E-state index is 0. The first-order valence-corrected chi connectivity index (χ1v) is 3.80. The number of hydrogen-bond acceptors (Lipinski definition) is 3. The van der Waals surface area contributed by atoms with Crippen LogP contribution in [0, 0.1) is 5.92 Å². The minimum Gasteiger partial charge on any atom is -0.481 e. The molecule has 3 N–H and O–H groups in total. The molecule has 1 aliphatic heterocycles. The fourth-order valence-corrected chi connectivity index (χ4v) is 1.28. The molecule has 0 aliphatic carbocycles. The Morgan fingerprint density at radius 2 is 1.77 bits per heavy atom. The van der Waals surface area contributed by atoms with Crippen molar-refractivity contribution in [1.82, 2.24) is 5.32 Å². The van der Waals surface area contributed by atoms with Crippen LogP contribution in [0.2, 0.25) is 0 Å². The molecular formula is C7H12ClNO4. The van der Waals surface area contributed by atoms with Crippen molar-refractivity contribution in [3.05, 3.63) is 0 Å². The van der Waals surface area contributed by atoms with E-state index in [1.165, 1.54) is 0 Å². The zero-order valence-corrected chi connectivity index (χ0v) is 7.71. The van der Waals surface area contributed by atoms with Gasteiger partial charge >= 0.3 is 11.9 Å². The predicted molar refractivity (Wildman–Crippen MR) is 47.0 cm³/mol. The van der Waals surface area contributed by atoms with Crippen LogP contribution in [-0.4, -0.2) is 34.7 Å². The first-order chi connectivity index (χ1) is 5.61. The van der Waals surface area contributed by atoms with E-state index < -0.39 is 23.9 Å². The Balaban J connectivity index is 0.00000144. The topological polar surface area (TPSA) is 86.6 Å². The molecule has 1 rings (SSSR count). The number of aliphatic carboxylic acids is 2. The molecule has 6 heteroatoms. The van der Waals surface area contributed by atoms with Gasteiger partial charge in [0.15, 0.2) is 0 Å². The summed E-state index contributed by atoms with van der Waals surface area (Å²) in [5, 5.41) is 19.8. The second kappa shape index (κ2) is 5.04. The van der Waals surface area contributed by atoms with E-state index in [-0.39, 0.29) is 19.0 Å². The van der Waals surface area contributed by atoms with Crippen LogP contribution in [0.15, 0.2) is 0 Å². The van der Waals surface area contributed by atoms with Gasteiger partial charge in [-0.25, -0.2) is 0 Å². The lowest BCUT2D eigenvalue weighted by atomic mass is 9.95. The summed E-state index contributed by atoms with van der Waals surface area (Å²) >= 11 is 0. The molecule has 0 unspecified atom stereocenters. The zero-order valence-electron chi connectivity index (χ0n) is 6.90. The molecule has 2 atom stereocenters. The number of carboxylic acids is 2. The summed E-state index contributed by atoms with van der Waals surface area (Å²) < 4.78 is 0. The molecule has 0 aromatic rings. The van der Waals surface area contributed by atoms with Crippen LogP contribution in [0.5, 0.6) is 0 Å². The van der Waals surface area contributed by atoms with Crippen molar-refractivity contribution in [2.75, 3.05) is 6.54 Å². The molecule has 1 heterocycles. The maximum Gasteiger partial charge on any atom is 0.320 e. The lowest BCUT2D eigenvalue weighted by Crippen LogP contribution is -2.45. The van der Waals surface area contributed by atoms with E-state index in [4.69, 9.17) is 10.2 Å². The van der Waals surface area contributed by atoms with Crippen molar-refractivity contribution in [1.29, 1.82) is 0 Å². The molecular weight excluding hydrogens is 198 g/mol. The number of hydrogen-bond donors (Lipinski definition) is 3. The average Bonchev–Trinajstić information content (AvgIpc) is 2.04. The number of carbonyl (C=O) groups is 2. The Labute approximate surface area is 81.5 Å². The number of carboxylic acid groups (broad SMARTS) is 2. The van der Waals surface area contributed by atoms with Gasteiger partial charge in [-0.3, -0.25) is 9.59 Å². The van der Waals surface area contributed by atoms with Crippen molar-refractivity contribution in [3.63, 3.8) is 0 Å². The second-order valence-corrected chi connectivity index (χ2v) is 2.91. The molecule has 5 nitrogen and oxygen atoms in total. The first-order valence-electron chi connectivity index (χ1n) is 3.80. The van der Waals surface area contributed by atoms with E-state index in [0.717, 1.165) is 0 Å². The van der Waals surface area contributed by atoms with Gasteiger partial charge in [0.1, 0.15) is 6.04 Å². The average molecular weight is 210 g/mol. The largest absolute Gasteiger partial charge is 0.481 e. The monoisotopic (exact) mass is 209 g/mol. The van der Waals surface area contributed by atoms with Crippen LogP contribution in [0.3, 0.4) is 0 Å². The molecule has 0 amide bonds. The molecule has 0 radical (unpaired) electrons. The van der Waals surface area contributed by atoms with Gasteiger partial charge in [-0.1, -0.05) is 0 Å². The third kappa shape index (κ3) is 3.20. The molecule has 0 aromatic carbocycles. The number of nitrogens with one attached hydrogen (secondary N) is 1. The Morgan fingerprint density at radius 1 is 1.15 bits per heavy atom. The predicted octanol–water partition coefficient (Wildman–Crippen LogP) is -0.0544. The first kappa shape index (κ1) is 12.2. The van der Waals surface area contributed by atoms with Gasteiger partial charge in [0.25, 0.3) is 0 Å². The highest BCUT2D eigenvalue weighted by atomic mass is 35.5. The zero-order chi connectivity index (χ0) is 9.14. The van der Waals surface area contributed by atoms with E-state index in [0.29, 0.717) is 12.8 Å². The van der Waals surface area contributed by atoms with Gasteiger partial charge in [-0.05, 0) is 12.8 Å². The van der Waals surface area contributed by atoms with E-state index in [1.807, 2.05) is 0 Å². The van der Waals surface area contributed by atoms with Crippen LogP contribution >= 0.6 is 12.4 Å². The highest BCUT2D eigenvalue weighted by Gasteiger charge is 2.28. The highest BCUT2D eigenvalue weighted by Crippen LogP contribution is 2.14. The van der Waals surface area contributed by atoms with Gasteiger partial charge in [0.2, 0.25) is 0 Å². The summed E-state index contributed by atoms with van der Waals surface area (Å²) in [5.41, 5.74) is 0. The minimum atomic E-state index is -0.904. The third-order valence-corrected chi connectivity index (χ3v) is 2.06. The highest BCUT2D eigenvalue weighted by molar-refractivity contribution is 5.85. The third-order valence-electron chi connectivity index (χ3n) is 2.06. The van der Waals surface area contributed by atoms with Crippen LogP contribution in [0.4, 0.5) is 0 Å². The molecule has 0 bridgehead atoms. The maximum absolute atomic E-state index is 10.4. The summed E-state index contributed by atoms with van der Waals surface area (Å²) in [7, 11) is 0. The van der Waals surface area contributed by atoms with Crippen LogP contribution in [0.25, 0.3) is 0 Å². The van der Waals surface area contributed by atoms with Crippen molar-refractivity contribution >= 4 is 24.3 Å². The van der Waals surface area contributed by atoms with E-state index >= 15 is 0 Å². The van der Waals surface area contributed by atoms with Gasteiger partial charge in [0, 0.05) is 6.54 Å². The molecule has 1 saturated heterocycles. The standard InChI is InChI=1S/C7H11NO4.ClH/c9-6(10)4-1-2-5(7(11)12)8-3-4;/h4-5,8H,1-3H2,(H,9,10)(H,11,12);1H/t4-,5+;/m0./s1. The maximum atomic E-state index is 10.4. The summed E-state index contributed by atoms with van der Waals surface area (Å²) in [6.45, 7) is 0.256. The number of rotatable bonds is 2. The summed E-state index contributed by atoms with van der Waals surface area (Å²) in [4.78, 5) is 20.9. The summed E-state index contributed by atoms with van der Waals surface area (Å²) in [5.74, 6) is -2.19.